The number of aliphatic hydroxyl groups excluding tert-OH is 1. The van der Waals surface area contributed by atoms with Crippen LogP contribution in [0.25, 0.3) is 0 Å². The van der Waals surface area contributed by atoms with Crippen molar-refractivity contribution in [2.75, 3.05) is 36.5 Å². The van der Waals surface area contributed by atoms with Crippen molar-refractivity contribution < 1.29 is 5.11 Å². The van der Waals surface area contributed by atoms with Gasteiger partial charge in [-0.15, -0.1) is 0 Å². The van der Waals surface area contributed by atoms with Gasteiger partial charge in [-0.3, -0.25) is 0 Å². The highest BCUT2D eigenvalue weighted by Gasteiger charge is 2.11. The quantitative estimate of drug-likeness (QED) is 0.781. The molecule has 0 unspecified atom stereocenters. The van der Waals surface area contributed by atoms with Gasteiger partial charge in [-0.25, -0.2) is 4.98 Å². The molecule has 6 heteroatoms. The van der Waals surface area contributed by atoms with Gasteiger partial charge < -0.3 is 15.3 Å². The van der Waals surface area contributed by atoms with E-state index in [0.29, 0.717) is 23.2 Å². The van der Waals surface area contributed by atoms with Gasteiger partial charge in [0.05, 0.1) is 6.20 Å². The van der Waals surface area contributed by atoms with Gasteiger partial charge in [0.25, 0.3) is 0 Å². The number of rotatable bonds is 7. The minimum atomic E-state index is 0.166. The third kappa shape index (κ3) is 4.02. The molecule has 0 aliphatic carbocycles. The number of aliphatic hydroxyl groups is 1. The van der Waals surface area contributed by atoms with Crippen LogP contribution in [0.3, 0.4) is 0 Å². The monoisotopic (exact) mass is 258 g/mol. The molecule has 1 aromatic rings. The second-order valence-corrected chi connectivity index (χ2v) is 3.96. The Morgan fingerprint density at radius 1 is 1.47 bits per heavy atom. The molecule has 0 aliphatic heterocycles. The van der Waals surface area contributed by atoms with E-state index >= 15 is 0 Å². The van der Waals surface area contributed by atoms with E-state index in [4.69, 9.17) is 16.7 Å². The molecule has 0 saturated carbocycles. The Morgan fingerprint density at radius 3 is 2.82 bits per heavy atom. The predicted octanol–water partition coefficient (Wildman–Crippen LogP) is 1.77. The van der Waals surface area contributed by atoms with Gasteiger partial charge in [0.1, 0.15) is 5.02 Å². The lowest BCUT2D eigenvalue weighted by Gasteiger charge is -2.22. The summed E-state index contributed by atoms with van der Waals surface area (Å²) in [6, 6.07) is 0. The molecular formula is C11H19ClN4O. The highest BCUT2D eigenvalue weighted by Crippen LogP contribution is 2.23. The first-order valence-corrected chi connectivity index (χ1v) is 6.22. The van der Waals surface area contributed by atoms with Gasteiger partial charge in [-0.1, -0.05) is 11.6 Å². The number of nitrogens with one attached hydrogen (secondary N) is 1. The van der Waals surface area contributed by atoms with Crippen molar-refractivity contribution in [3.63, 3.8) is 0 Å². The molecule has 2 N–H and O–H groups in total. The molecule has 17 heavy (non-hydrogen) atoms. The molecule has 0 aliphatic rings. The van der Waals surface area contributed by atoms with Gasteiger partial charge in [0.2, 0.25) is 5.95 Å². The molecule has 0 amide bonds. The fraction of sp³-hybridized carbons (Fsp3) is 0.636. The Morgan fingerprint density at radius 2 is 2.24 bits per heavy atom. The zero-order chi connectivity index (χ0) is 12.7. The van der Waals surface area contributed by atoms with Crippen LogP contribution < -0.4 is 10.2 Å². The van der Waals surface area contributed by atoms with Crippen LogP contribution in [-0.4, -0.2) is 41.3 Å². The number of hydrogen-bond acceptors (Lipinski definition) is 5. The van der Waals surface area contributed by atoms with Gasteiger partial charge in [0, 0.05) is 26.2 Å². The summed E-state index contributed by atoms with van der Waals surface area (Å²) in [5.41, 5.74) is 0. The Balaban J connectivity index is 2.87. The first kappa shape index (κ1) is 14.0. The number of hydrogen-bond donors (Lipinski definition) is 2. The standard InChI is InChI=1S/C11H19ClN4O/c1-3-13-11-14-8-9(12)10(15-11)16(4-2)6-5-7-17/h8,17H,3-7H2,1-2H3,(H,13,14,15). The van der Waals surface area contributed by atoms with Gasteiger partial charge in [0.15, 0.2) is 5.82 Å². The highest BCUT2D eigenvalue weighted by molar-refractivity contribution is 6.32. The largest absolute Gasteiger partial charge is 0.396 e. The van der Waals surface area contributed by atoms with E-state index in [9.17, 15) is 0 Å². The van der Waals surface area contributed by atoms with Crippen LogP contribution in [0.15, 0.2) is 6.20 Å². The van der Waals surface area contributed by atoms with Crippen molar-refractivity contribution in [2.24, 2.45) is 0 Å². The summed E-state index contributed by atoms with van der Waals surface area (Å²) in [5.74, 6) is 1.29. The van der Waals surface area contributed by atoms with Crippen molar-refractivity contribution in [3.8, 4) is 0 Å². The lowest BCUT2D eigenvalue weighted by atomic mass is 10.3. The lowest BCUT2D eigenvalue weighted by Crippen LogP contribution is -2.26. The summed E-state index contributed by atoms with van der Waals surface area (Å²) >= 11 is 6.09. The summed E-state index contributed by atoms with van der Waals surface area (Å²) < 4.78 is 0. The van der Waals surface area contributed by atoms with Crippen LogP contribution in [-0.2, 0) is 0 Å². The minimum Gasteiger partial charge on any atom is -0.396 e. The summed E-state index contributed by atoms with van der Waals surface area (Å²) in [5, 5.41) is 12.4. The summed E-state index contributed by atoms with van der Waals surface area (Å²) in [6.07, 6.45) is 2.30. The molecule has 0 fully saturated rings. The van der Waals surface area contributed by atoms with Crippen molar-refractivity contribution in [2.45, 2.75) is 20.3 Å². The first-order chi connectivity index (χ1) is 8.22. The van der Waals surface area contributed by atoms with Crippen molar-refractivity contribution in [1.29, 1.82) is 0 Å². The zero-order valence-electron chi connectivity index (χ0n) is 10.3. The van der Waals surface area contributed by atoms with Crippen LogP contribution >= 0.6 is 11.6 Å². The van der Waals surface area contributed by atoms with Crippen LogP contribution in [0.2, 0.25) is 5.02 Å². The molecule has 0 bridgehead atoms. The van der Waals surface area contributed by atoms with Gasteiger partial charge >= 0.3 is 0 Å². The van der Waals surface area contributed by atoms with Crippen LogP contribution in [0.4, 0.5) is 11.8 Å². The predicted molar refractivity (Wildman–Crippen MR) is 70.8 cm³/mol. The number of nitrogens with zero attached hydrogens (tertiary/aromatic N) is 3. The Bertz CT molecular complexity index is 348. The van der Waals surface area contributed by atoms with E-state index in [1.54, 1.807) is 6.20 Å². The van der Waals surface area contributed by atoms with E-state index < -0.39 is 0 Å². The average molecular weight is 259 g/mol. The molecule has 1 aromatic heterocycles. The molecule has 5 nitrogen and oxygen atoms in total. The van der Waals surface area contributed by atoms with E-state index in [1.165, 1.54) is 0 Å². The minimum absolute atomic E-state index is 0.166. The Kier molecular flexibility index (Phi) is 6.00. The Labute approximate surface area is 107 Å². The normalized spacial score (nSPS) is 10.4. The molecule has 0 radical (unpaired) electrons. The maximum Gasteiger partial charge on any atom is 0.224 e. The molecule has 0 atom stereocenters. The van der Waals surface area contributed by atoms with Crippen molar-refractivity contribution in [3.05, 3.63) is 11.2 Å². The fourth-order valence-electron chi connectivity index (χ4n) is 1.50. The molecule has 0 aromatic carbocycles. The zero-order valence-corrected chi connectivity index (χ0v) is 11.0. The molecule has 96 valence electrons. The molecule has 0 saturated heterocycles. The topological polar surface area (TPSA) is 61.3 Å². The number of halogens is 1. The third-order valence-electron chi connectivity index (χ3n) is 2.33. The molecule has 1 heterocycles. The maximum atomic E-state index is 8.86. The van der Waals surface area contributed by atoms with Gasteiger partial charge in [-0.05, 0) is 20.3 Å². The van der Waals surface area contributed by atoms with Crippen LogP contribution in [0, 0.1) is 0 Å². The van der Waals surface area contributed by atoms with Crippen LogP contribution in [0.5, 0.6) is 0 Å². The smallest absolute Gasteiger partial charge is 0.224 e. The second kappa shape index (κ2) is 7.29. The van der Waals surface area contributed by atoms with E-state index in [-0.39, 0.29) is 6.61 Å². The molecule has 1 rings (SSSR count). The Hall–Kier alpha value is -1.07. The fourth-order valence-corrected chi connectivity index (χ4v) is 1.71. The van der Waals surface area contributed by atoms with E-state index in [0.717, 1.165) is 19.6 Å². The van der Waals surface area contributed by atoms with Gasteiger partial charge in [-0.2, -0.15) is 4.98 Å². The first-order valence-electron chi connectivity index (χ1n) is 5.85. The lowest BCUT2D eigenvalue weighted by molar-refractivity contribution is 0.289. The summed E-state index contributed by atoms with van der Waals surface area (Å²) in [7, 11) is 0. The third-order valence-corrected chi connectivity index (χ3v) is 2.59. The molecule has 0 spiro atoms. The van der Waals surface area contributed by atoms with Crippen molar-refractivity contribution >= 4 is 23.4 Å². The van der Waals surface area contributed by atoms with E-state index in [1.807, 2.05) is 18.7 Å². The number of anilines is 2. The SMILES string of the molecule is CCNc1ncc(Cl)c(N(CC)CCCO)n1. The highest BCUT2D eigenvalue weighted by atomic mass is 35.5. The van der Waals surface area contributed by atoms with E-state index in [2.05, 4.69) is 15.3 Å². The second-order valence-electron chi connectivity index (χ2n) is 3.55. The van der Waals surface area contributed by atoms with Crippen LogP contribution in [0.1, 0.15) is 20.3 Å². The molecular weight excluding hydrogens is 240 g/mol. The van der Waals surface area contributed by atoms with Crippen molar-refractivity contribution in [1.82, 2.24) is 9.97 Å². The summed E-state index contributed by atoms with van der Waals surface area (Å²) in [4.78, 5) is 10.5. The maximum absolute atomic E-state index is 8.86. The summed E-state index contributed by atoms with van der Waals surface area (Å²) in [6.45, 7) is 6.48. The number of aromatic nitrogens is 2. The average Bonchev–Trinajstić information content (AvgIpc) is 2.34.